The molecule has 1 aromatic rings. The van der Waals surface area contributed by atoms with Crippen LogP contribution in [0.25, 0.3) is 0 Å². The highest BCUT2D eigenvalue weighted by molar-refractivity contribution is 9.08. The minimum atomic E-state index is 0.866. The molecule has 4 heteroatoms. The molecule has 2 heterocycles. The van der Waals surface area contributed by atoms with Gasteiger partial charge in [-0.25, -0.2) is 0 Å². The molecule has 0 saturated carbocycles. The number of hydrogen-bond donors (Lipinski definition) is 0. The minimum absolute atomic E-state index is 0.866. The third-order valence-electron chi connectivity index (χ3n) is 4.84. The van der Waals surface area contributed by atoms with E-state index in [9.17, 15) is 0 Å². The molecule has 0 amide bonds. The molecule has 0 bridgehead atoms. The summed E-state index contributed by atoms with van der Waals surface area (Å²) in [4.78, 5) is 5.11. The Morgan fingerprint density at radius 1 is 1.10 bits per heavy atom. The van der Waals surface area contributed by atoms with Crippen molar-refractivity contribution in [2.45, 2.75) is 31.0 Å². The van der Waals surface area contributed by atoms with Gasteiger partial charge in [0.15, 0.2) is 0 Å². The largest absolute Gasteiger partial charge is 0.370 e. The van der Waals surface area contributed by atoms with Crippen LogP contribution in [0.4, 0.5) is 5.69 Å². The van der Waals surface area contributed by atoms with Crippen LogP contribution in [-0.2, 0) is 5.33 Å². The van der Waals surface area contributed by atoms with Crippen molar-refractivity contribution in [1.29, 1.82) is 0 Å². The highest BCUT2D eigenvalue weighted by atomic mass is 79.9. The quantitative estimate of drug-likeness (QED) is 0.717. The van der Waals surface area contributed by atoms with Crippen molar-refractivity contribution in [3.05, 3.63) is 28.8 Å². The second-order valence-electron chi connectivity index (χ2n) is 6.36. The topological polar surface area (TPSA) is 6.48 Å². The van der Waals surface area contributed by atoms with Crippen LogP contribution in [0.2, 0.25) is 5.02 Å². The summed E-state index contributed by atoms with van der Waals surface area (Å²) in [5.41, 5.74) is 2.45. The zero-order valence-electron chi connectivity index (χ0n) is 12.5. The fraction of sp³-hybridized carbons (Fsp3) is 0.647. The number of piperidine rings is 1. The molecule has 0 radical (unpaired) electrons. The molecule has 3 rings (SSSR count). The van der Waals surface area contributed by atoms with E-state index < -0.39 is 0 Å². The maximum atomic E-state index is 6.44. The highest BCUT2D eigenvalue weighted by Gasteiger charge is 2.23. The lowest BCUT2D eigenvalue weighted by Gasteiger charge is -2.35. The summed E-state index contributed by atoms with van der Waals surface area (Å²) < 4.78 is 0. The average molecular weight is 372 g/mol. The molecule has 2 aliphatic heterocycles. The average Bonchev–Trinajstić information content (AvgIpc) is 3.01. The van der Waals surface area contributed by atoms with E-state index in [1.807, 2.05) is 0 Å². The first kappa shape index (κ1) is 15.6. The van der Waals surface area contributed by atoms with Crippen molar-refractivity contribution in [2.75, 3.05) is 37.6 Å². The van der Waals surface area contributed by atoms with Crippen LogP contribution in [0.1, 0.15) is 31.2 Å². The molecule has 2 nitrogen and oxygen atoms in total. The molecular weight excluding hydrogens is 348 g/mol. The van der Waals surface area contributed by atoms with Gasteiger partial charge in [-0.15, -0.1) is 0 Å². The van der Waals surface area contributed by atoms with Gasteiger partial charge < -0.3 is 9.80 Å². The highest BCUT2D eigenvalue weighted by Crippen LogP contribution is 2.31. The molecule has 2 fully saturated rings. The summed E-state index contributed by atoms with van der Waals surface area (Å²) in [7, 11) is 0. The molecule has 0 unspecified atom stereocenters. The van der Waals surface area contributed by atoms with Crippen LogP contribution in [0.3, 0.4) is 0 Å². The molecule has 0 spiro atoms. The van der Waals surface area contributed by atoms with E-state index in [1.54, 1.807) is 0 Å². The summed E-state index contributed by atoms with van der Waals surface area (Å²) in [6, 6.07) is 6.44. The molecular formula is C17H24BrClN2. The van der Waals surface area contributed by atoms with Crippen molar-refractivity contribution in [1.82, 2.24) is 4.90 Å². The third kappa shape index (κ3) is 3.94. The fourth-order valence-corrected chi connectivity index (χ4v) is 4.25. The first-order valence-corrected chi connectivity index (χ1v) is 9.58. The third-order valence-corrected chi connectivity index (χ3v) is 5.79. The molecule has 1 aromatic carbocycles. The number of hydrogen-bond acceptors (Lipinski definition) is 2. The fourth-order valence-electron chi connectivity index (χ4n) is 3.58. The van der Waals surface area contributed by atoms with Crippen molar-refractivity contribution in [3.8, 4) is 0 Å². The Bertz CT molecular complexity index is 466. The monoisotopic (exact) mass is 370 g/mol. The van der Waals surface area contributed by atoms with E-state index in [0.29, 0.717) is 0 Å². The number of nitrogens with zero attached hydrogens (tertiary/aromatic N) is 2. The maximum absolute atomic E-state index is 6.44. The predicted octanol–water partition coefficient (Wildman–Crippen LogP) is 4.55. The van der Waals surface area contributed by atoms with Gasteiger partial charge in [0.05, 0.1) is 10.7 Å². The van der Waals surface area contributed by atoms with E-state index in [4.69, 9.17) is 11.6 Å². The van der Waals surface area contributed by atoms with E-state index in [1.165, 1.54) is 56.6 Å². The van der Waals surface area contributed by atoms with Gasteiger partial charge >= 0.3 is 0 Å². The molecule has 21 heavy (non-hydrogen) atoms. The van der Waals surface area contributed by atoms with Crippen molar-refractivity contribution < 1.29 is 0 Å². The molecule has 0 N–H and O–H groups in total. The lowest BCUT2D eigenvalue weighted by atomic mass is 9.96. The Hall–Kier alpha value is -0.250. The molecule has 116 valence electrons. The number of anilines is 1. The van der Waals surface area contributed by atoms with Gasteiger partial charge in [-0.3, -0.25) is 0 Å². The van der Waals surface area contributed by atoms with Gasteiger partial charge in [-0.2, -0.15) is 0 Å². The Labute approximate surface area is 141 Å². The minimum Gasteiger partial charge on any atom is -0.370 e. The zero-order chi connectivity index (χ0) is 14.7. The molecule has 0 aliphatic carbocycles. The van der Waals surface area contributed by atoms with Gasteiger partial charge in [0.1, 0.15) is 0 Å². The number of alkyl halides is 1. The van der Waals surface area contributed by atoms with Gasteiger partial charge in [0.25, 0.3) is 0 Å². The molecule has 0 aromatic heterocycles. The lowest BCUT2D eigenvalue weighted by molar-refractivity contribution is 0.249. The second-order valence-corrected chi connectivity index (χ2v) is 7.33. The van der Waals surface area contributed by atoms with Crippen molar-refractivity contribution >= 4 is 33.2 Å². The zero-order valence-corrected chi connectivity index (χ0v) is 14.9. The molecule has 2 aliphatic rings. The summed E-state index contributed by atoms with van der Waals surface area (Å²) in [6.07, 6.45) is 5.39. The van der Waals surface area contributed by atoms with Crippen LogP contribution >= 0.6 is 27.5 Å². The number of benzene rings is 1. The number of likely N-dealkylation sites (tertiary alicyclic amines) is 1. The molecule has 0 atom stereocenters. The van der Waals surface area contributed by atoms with E-state index >= 15 is 0 Å². The SMILES string of the molecule is Clc1cc(CBr)ccc1N1CCC(CN2CCCC2)CC1. The van der Waals surface area contributed by atoms with Crippen LogP contribution in [0.5, 0.6) is 0 Å². The van der Waals surface area contributed by atoms with Crippen LogP contribution < -0.4 is 4.90 Å². The van der Waals surface area contributed by atoms with E-state index in [0.717, 1.165) is 29.4 Å². The summed E-state index contributed by atoms with van der Waals surface area (Å²) in [6.45, 7) is 6.24. The van der Waals surface area contributed by atoms with E-state index in [-0.39, 0.29) is 0 Å². The Morgan fingerprint density at radius 2 is 1.81 bits per heavy atom. The second kappa shape index (κ2) is 7.34. The summed E-state index contributed by atoms with van der Waals surface area (Å²) in [5, 5.41) is 1.76. The Balaban J connectivity index is 1.55. The summed E-state index contributed by atoms with van der Waals surface area (Å²) in [5.74, 6) is 0.875. The van der Waals surface area contributed by atoms with Gasteiger partial charge in [-0.05, 0) is 62.4 Å². The van der Waals surface area contributed by atoms with Crippen LogP contribution in [-0.4, -0.2) is 37.6 Å². The van der Waals surface area contributed by atoms with Crippen molar-refractivity contribution in [2.24, 2.45) is 5.92 Å². The van der Waals surface area contributed by atoms with Gasteiger partial charge in [0.2, 0.25) is 0 Å². The standard InChI is InChI=1S/C17H24BrClN2/c18-12-15-3-4-17(16(19)11-15)21-9-5-14(6-10-21)13-20-7-1-2-8-20/h3-4,11,14H,1-2,5-10,12-13H2. The lowest BCUT2D eigenvalue weighted by Crippen LogP contribution is -2.38. The first-order valence-electron chi connectivity index (χ1n) is 8.08. The first-order chi connectivity index (χ1) is 10.3. The Morgan fingerprint density at radius 3 is 2.43 bits per heavy atom. The van der Waals surface area contributed by atoms with Crippen LogP contribution in [0, 0.1) is 5.92 Å². The number of rotatable bonds is 4. The summed E-state index contributed by atoms with van der Waals surface area (Å²) >= 11 is 9.93. The Kier molecular flexibility index (Phi) is 5.47. The van der Waals surface area contributed by atoms with Gasteiger partial charge in [0, 0.05) is 25.0 Å². The normalized spacial score (nSPS) is 21.1. The van der Waals surface area contributed by atoms with E-state index in [2.05, 4.69) is 43.9 Å². The van der Waals surface area contributed by atoms with Crippen LogP contribution in [0.15, 0.2) is 18.2 Å². The molecule has 2 saturated heterocycles. The maximum Gasteiger partial charge on any atom is 0.0642 e. The van der Waals surface area contributed by atoms with Crippen molar-refractivity contribution in [3.63, 3.8) is 0 Å². The van der Waals surface area contributed by atoms with Gasteiger partial charge in [-0.1, -0.05) is 33.6 Å². The number of halogens is 2. The smallest absolute Gasteiger partial charge is 0.0642 e. The predicted molar refractivity (Wildman–Crippen MR) is 94.7 cm³/mol.